The summed E-state index contributed by atoms with van der Waals surface area (Å²) in [5.74, 6) is -0.120. The van der Waals surface area contributed by atoms with Crippen LogP contribution < -0.4 is 5.32 Å². The van der Waals surface area contributed by atoms with E-state index in [0.717, 1.165) is 17.8 Å². The Labute approximate surface area is 132 Å². The van der Waals surface area contributed by atoms with E-state index in [4.69, 9.17) is 23.2 Å². The number of benzene rings is 1. The lowest BCUT2D eigenvalue weighted by molar-refractivity contribution is -0.141. The fourth-order valence-electron chi connectivity index (χ4n) is 1.40. The van der Waals surface area contributed by atoms with E-state index < -0.39 is 11.9 Å². The molecule has 0 saturated heterocycles. The third kappa shape index (κ3) is 4.15. The van der Waals surface area contributed by atoms with Gasteiger partial charge in [-0.1, -0.05) is 35.0 Å². The zero-order valence-corrected chi connectivity index (χ0v) is 12.8. The summed E-state index contributed by atoms with van der Waals surface area (Å²) >= 11 is 12.8. The third-order valence-electron chi connectivity index (χ3n) is 2.32. The molecule has 2 aromatic rings. The van der Waals surface area contributed by atoms with Crippen molar-refractivity contribution < 1.29 is 13.2 Å². The van der Waals surface area contributed by atoms with Crippen LogP contribution in [0.15, 0.2) is 34.2 Å². The van der Waals surface area contributed by atoms with Crippen molar-refractivity contribution in [2.45, 2.75) is 16.1 Å². The molecule has 3 nitrogen and oxygen atoms in total. The second-order valence-electron chi connectivity index (χ2n) is 3.84. The van der Waals surface area contributed by atoms with Crippen LogP contribution in [0, 0.1) is 0 Å². The monoisotopic (exact) mass is 353 g/mol. The van der Waals surface area contributed by atoms with E-state index in [1.165, 1.54) is 7.05 Å². The molecule has 1 aromatic carbocycles. The van der Waals surface area contributed by atoms with Gasteiger partial charge in [0.05, 0.1) is 5.02 Å². The summed E-state index contributed by atoms with van der Waals surface area (Å²) in [6.07, 6.45) is -4.55. The summed E-state index contributed by atoms with van der Waals surface area (Å²) in [6.45, 7) is 0. The first-order chi connectivity index (χ1) is 9.79. The molecular formula is C12H8Cl2F3N3S. The van der Waals surface area contributed by atoms with E-state index in [2.05, 4.69) is 15.3 Å². The maximum Gasteiger partial charge on any atom is 0.433 e. The number of alkyl halides is 3. The molecule has 0 spiro atoms. The zero-order valence-electron chi connectivity index (χ0n) is 10.5. The molecule has 0 fully saturated rings. The Morgan fingerprint density at radius 2 is 1.86 bits per heavy atom. The van der Waals surface area contributed by atoms with E-state index in [1.54, 1.807) is 18.2 Å². The topological polar surface area (TPSA) is 37.8 Å². The number of anilines is 1. The van der Waals surface area contributed by atoms with Crippen molar-refractivity contribution in [3.8, 4) is 0 Å². The first-order valence-corrected chi connectivity index (χ1v) is 7.14. The second kappa shape index (κ2) is 6.29. The molecular weight excluding hydrogens is 346 g/mol. The molecule has 0 radical (unpaired) electrons. The molecule has 9 heteroatoms. The van der Waals surface area contributed by atoms with Crippen LogP contribution in [0.2, 0.25) is 10.0 Å². The molecule has 112 valence electrons. The number of rotatable bonds is 3. The molecule has 0 bridgehead atoms. The van der Waals surface area contributed by atoms with Crippen LogP contribution in [0.4, 0.5) is 19.1 Å². The van der Waals surface area contributed by atoms with Crippen LogP contribution in [-0.2, 0) is 6.18 Å². The number of aromatic nitrogens is 2. The third-order valence-corrected chi connectivity index (χ3v) is 3.98. The van der Waals surface area contributed by atoms with Gasteiger partial charge in [-0.25, -0.2) is 9.97 Å². The van der Waals surface area contributed by atoms with Crippen LogP contribution in [0.5, 0.6) is 0 Å². The van der Waals surface area contributed by atoms with Crippen molar-refractivity contribution in [3.63, 3.8) is 0 Å². The highest BCUT2D eigenvalue weighted by molar-refractivity contribution is 7.99. The second-order valence-corrected chi connectivity index (χ2v) is 5.75. The van der Waals surface area contributed by atoms with Crippen molar-refractivity contribution in [2.24, 2.45) is 0 Å². The molecule has 0 amide bonds. The Bertz CT molecular complexity index is 665. The van der Waals surface area contributed by atoms with Gasteiger partial charge in [-0.2, -0.15) is 13.2 Å². The van der Waals surface area contributed by atoms with Gasteiger partial charge >= 0.3 is 6.18 Å². The zero-order chi connectivity index (χ0) is 15.6. The summed E-state index contributed by atoms with van der Waals surface area (Å²) in [5.41, 5.74) is -1.03. The standard InChI is InChI=1S/C12H8Cl2F3N3S/c1-18-11-19-9(12(15,16)17)5-10(20-11)21-8-4-6(13)2-3-7(8)14/h2-5H,1H3,(H,18,19,20). The summed E-state index contributed by atoms with van der Waals surface area (Å²) in [7, 11) is 1.44. The molecule has 0 aliphatic carbocycles. The molecule has 0 aliphatic rings. The van der Waals surface area contributed by atoms with Crippen molar-refractivity contribution in [1.82, 2.24) is 9.97 Å². The first-order valence-electron chi connectivity index (χ1n) is 5.56. The maximum atomic E-state index is 12.8. The van der Waals surface area contributed by atoms with Crippen LogP contribution in [-0.4, -0.2) is 17.0 Å². The maximum absolute atomic E-state index is 12.8. The average Bonchev–Trinajstić information content (AvgIpc) is 2.41. The number of hydrogen-bond donors (Lipinski definition) is 1. The van der Waals surface area contributed by atoms with Crippen LogP contribution in [0.25, 0.3) is 0 Å². The van der Waals surface area contributed by atoms with Crippen molar-refractivity contribution in [3.05, 3.63) is 40.0 Å². The highest BCUT2D eigenvalue weighted by atomic mass is 35.5. The number of halogens is 5. The summed E-state index contributed by atoms with van der Waals surface area (Å²) in [5, 5.41) is 3.42. The Hall–Kier alpha value is -1.18. The lowest BCUT2D eigenvalue weighted by atomic mass is 10.4. The number of nitrogens with one attached hydrogen (secondary N) is 1. The normalized spacial score (nSPS) is 11.5. The van der Waals surface area contributed by atoms with Crippen molar-refractivity contribution >= 4 is 40.9 Å². The summed E-state index contributed by atoms with van der Waals surface area (Å²) < 4.78 is 38.4. The largest absolute Gasteiger partial charge is 0.433 e. The van der Waals surface area contributed by atoms with Crippen LogP contribution in [0.1, 0.15) is 5.69 Å². The fraction of sp³-hybridized carbons (Fsp3) is 0.167. The van der Waals surface area contributed by atoms with Gasteiger partial charge in [0.2, 0.25) is 5.95 Å². The van der Waals surface area contributed by atoms with Gasteiger partial charge in [-0.15, -0.1) is 0 Å². The molecule has 21 heavy (non-hydrogen) atoms. The van der Waals surface area contributed by atoms with E-state index in [9.17, 15) is 13.2 Å². The highest BCUT2D eigenvalue weighted by Gasteiger charge is 2.33. The lowest BCUT2D eigenvalue weighted by Gasteiger charge is -2.10. The lowest BCUT2D eigenvalue weighted by Crippen LogP contribution is -2.11. The van der Waals surface area contributed by atoms with Crippen molar-refractivity contribution in [1.29, 1.82) is 0 Å². The van der Waals surface area contributed by atoms with Gasteiger partial charge in [0.1, 0.15) is 5.03 Å². The smallest absolute Gasteiger partial charge is 0.357 e. The Balaban J connectivity index is 2.42. The van der Waals surface area contributed by atoms with E-state index in [1.807, 2.05) is 0 Å². The van der Waals surface area contributed by atoms with Gasteiger partial charge in [0.25, 0.3) is 0 Å². The predicted octanol–water partition coefficient (Wildman–Crippen LogP) is 5.00. The summed E-state index contributed by atoms with van der Waals surface area (Å²) in [4.78, 5) is 7.87. The SMILES string of the molecule is CNc1nc(Sc2cc(Cl)ccc2Cl)cc(C(F)(F)F)n1. The fourth-order valence-corrected chi connectivity index (χ4v) is 2.75. The Morgan fingerprint density at radius 3 is 2.48 bits per heavy atom. The minimum Gasteiger partial charge on any atom is -0.357 e. The molecule has 0 unspecified atom stereocenters. The quantitative estimate of drug-likeness (QED) is 0.788. The van der Waals surface area contributed by atoms with Gasteiger partial charge < -0.3 is 5.32 Å². The Morgan fingerprint density at radius 1 is 1.14 bits per heavy atom. The van der Waals surface area contributed by atoms with Crippen LogP contribution in [0.3, 0.4) is 0 Å². The van der Waals surface area contributed by atoms with E-state index >= 15 is 0 Å². The molecule has 0 aliphatic heterocycles. The number of hydrogen-bond acceptors (Lipinski definition) is 4. The number of nitrogens with zero attached hydrogens (tertiary/aromatic N) is 2. The van der Waals surface area contributed by atoms with Crippen molar-refractivity contribution in [2.75, 3.05) is 12.4 Å². The van der Waals surface area contributed by atoms with Gasteiger partial charge in [0.15, 0.2) is 5.69 Å². The van der Waals surface area contributed by atoms with Gasteiger partial charge in [-0.3, -0.25) is 0 Å². The molecule has 2 rings (SSSR count). The van der Waals surface area contributed by atoms with E-state index in [0.29, 0.717) is 14.9 Å². The molecule has 1 aromatic heterocycles. The first kappa shape index (κ1) is 16.2. The van der Waals surface area contributed by atoms with Gasteiger partial charge in [-0.05, 0) is 18.2 Å². The average molecular weight is 354 g/mol. The molecule has 1 N–H and O–H groups in total. The minimum atomic E-state index is -4.55. The molecule has 1 heterocycles. The van der Waals surface area contributed by atoms with Gasteiger partial charge in [0, 0.05) is 23.0 Å². The predicted molar refractivity (Wildman–Crippen MR) is 77.2 cm³/mol. The highest BCUT2D eigenvalue weighted by Crippen LogP contribution is 2.37. The Kier molecular flexibility index (Phi) is 4.85. The summed E-state index contributed by atoms with van der Waals surface area (Å²) in [6, 6.07) is 5.58. The van der Waals surface area contributed by atoms with E-state index in [-0.39, 0.29) is 11.0 Å². The molecule has 0 saturated carbocycles. The molecule has 0 atom stereocenters. The minimum absolute atomic E-state index is 0.117. The van der Waals surface area contributed by atoms with Crippen LogP contribution >= 0.6 is 35.0 Å².